The fourth-order valence-corrected chi connectivity index (χ4v) is 4.94. The number of carbonyl (C=O) groups excluding carboxylic acids is 5. The van der Waals surface area contributed by atoms with Crippen LogP contribution >= 0.6 is 24.8 Å². The molecule has 5 rings (SSSR count). The second-order valence-electron chi connectivity index (χ2n) is 16.1. The van der Waals surface area contributed by atoms with Gasteiger partial charge in [0, 0.05) is 64.0 Å². The van der Waals surface area contributed by atoms with Gasteiger partial charge in [0.05, 0.1) is 31.3 Å². The molecule has 0 spiro atoms. The fraction of sp³-hybridized carbons (Fsp3) is 0.641. The quantitative estimate of drug-likeness (QED) is 0.250. The van der Waals surface area contributed by atoms with E-state index >= 15 is 0 Å². The van der Waals surface area contributed by atoms with Gasteiger partial charge >= 0.3 is 18.3 Å². The first-order valence-corrected chi connectivity index (χ1v) is 17.7. The summed E-state index contributed by atoms with van der Waals surface area (Å²) in [7, 11) is 0. The molecule has 5 heterocycles. The van der Waals surface area contributed by atoms with E-state index in [1.54, 1.807) is 36.6 Å². The van der Waals surface area contributed by atoms with E-state index in [2.05, 4.69) is 5.32 Å². The predicted octanol–water partition coefficient (Wildman–Crippen LogP) is 5.69. The number of nitrogens with one attached hydrogen (secondary N) is 1. The molecular formula is C39H60Cl2N8O8. The van der Waals surface area contributed by atoms with Gasteiger partial charge in [-0.25, -0.2) is 14.4 Å². The van der Waals surface area contributed by atoms with Gasteiger partial charge in [0.15, 0.2) is 5.78 Å². The van der Waals surface area contributed by atoms with Crippen molar-refractivity contribution >= 4 is 54.8 Å². The lowest BCUT2D eigenvalue weighted by Crippen LogP contribution is -2.53. The number of Topliss-reactive ketones (excluding diaryl/α,β-unsaturated/α-hetero) is 1. The molecule has 5 aliphatic heterocycles. The third-order valence-corrected chi connectivity index (χ3v) is 7.60. The van der Waals surface area contributed by atoms with Crippen LogP contribution in [0.2, 0.25) is 0 Å². The van der Waals surface area contributed by atoms with Gasteiger partial charge in [-0.2, -0.15) is 15.8 Å². The first-order chi connectivity index (χ1) is 25.1. The Morgan fingerprint density at radius 3 is 1.33 bits per heavy atom. The van der Waals surface area contributed by atoms with Crippen LogP contribution in [0.3, 0.4) is 0 Å². The number of allylic oxidation sites excluding steroid dienone is 3. The molecule has 16 nitrogen and oxygen atoms in total. The Morgan fingerprint density at radius 2 is 1.00 bits per heavy atom. The zero-order chi connectivity index (χ0) is 40.9. The van der Waals surface area contributed by atoms with Crippen LogP contribution in [0, 0.1) is 34.0 Å². The molecule has 18 heteroatoms. The average molecular weight is 840 g/mol. The standard InChI is InChI=1S/C15H21N3O3.C10H14N2O2.C8H13NO3.C5H6N2.CH4.2ClH/c1-15(2,3)21-14(20)18-8-4-5-12(18)13(19)17-9-11(10-17)6-7-16;1-10(2,3)14-9(13)12-6-8(7-12)4-5-11;1-8(2,3)12-7(11)9-4-6(10)5-9;6-2-1-5-3-7-4-5;;;/h6,12H,4-5,8-10H2,1-3H3;4H,6-7H2,1-3H3;4-5H2,1-3H3;1,7H,3-4H2;1H4;2*1H. The summed E-state index contributed by atoms with van der Waals surface area (Å²) in [5.41, 5.74) is 1.64. The lowest BCUT2D eigenvalue weighted by Gasteiger charge is -2.37. The zero-order valence-electron chi connectivity index (χ0n) is 33.8. The van der Waals surface area contributed by atoms with Crippen molar-refractivity contribution in [2.24, 2.45) is 0 Å². The monoisotopic (exact) mass is 838 g/mol. The summed E-state index contributed by atoms with van der Waals surface area (Å²) in [6.45, 7) is 21.1. The van der Waals surface area contributed by atoms with Crippen molar-refractivity contribution in [2.75, 3.05) is 58.9 Å². The number of ketones is 1. The largest absolute Gasteiger partial charge is 0.444 e. The number of likely N-dealkylation sites (tertiary alicyclic amines) is 4. The smallest absolute Gasteiger partial charge is 0.411 e. The first kappa shape index (κ1) is 54.3. The fourth-order valence-electron chi connectivity index (χ4n) is 4.94. The zero-order valence-corrected chi connectivity index (χ0v) is 35.4. The van der Waals surface area contributed by atoms with E-state index in [9.17, 15) is 24.0 Å². The van der Waals surface area contributed by atoms with Crippen molar-refractivity contribution in [3.05, 3.63) is 34.9 Å². The maximum Gasteiger partial charge on any atom is 0.411 e. The lowest BCUT2D eigenvalue weighted by atomic mass is 10.1. The minimum absolute atomic E-state index is 0. The Hall–Kier alpha value is -4.82. The van der Waals surface area contributed by atoms with Crippen LogP contribution in [-0.2, 0) is 23.8 Å². The Kier molecular flexibility index (Phi) is 22.9. The number of halogens is 2. The molecule has 0 aromatic heterocycles. The summed E-state index contributed by atoms with van der Waals surface area (Å²) in [5.74, 6) is 0.0364. The third kappa shape index (κ3) is 19.7. The minimum atomic E-state index is -0.563. The van der Waals surface area contributed by atoms with Crippen LogP contribution in [0.25, 0.3) is 0 Å². The van der Waals surface area contributed by atoms with Crippen molar-refractivity contribution in [1.82, 2.24) is 24.9 Å². The first-order valence-electron chi connectivity index (χ1n) is 17.7. The molecule has 5 fully saturated rings. The molecule has 0 aliphatic carbocycles. The Bertz CT molecular complexity index is 1610. The van der Waals surface area contributed by atoms with Crippen molar-refractivity contribution in [2.45, 2.75) is 105 Å². The summed E-state index contributed by atoms with van der Waals surface area (Å²) in [6, 6.07) is 5.44. The molecule has 0 radical (unpaired) electrons. The Balaban J connectivity index is 0. The molecule has 1 unspecified atom stereocenters. The highest BCUT2D eigenvalue weighted by atomic mass is 35.5. The normalized spacial score (nSPS) is 17.5. The van der Waals surface area contributed by atoms with E-state index in [4.69, 9.17) is 30.0 Å². The summed E-state index contributed by atoms with van der Waals surface area (Å²) in [5, 5.41) is 28.0. The number of amides is 4. The Labute approximate surface area is 350 Å². The Morgan fingerprint density at radius 1 is 0.632 bits per heavy atom. The molecule has 4 amide bonds. The number of carbonyl (C=O) groups is 5. The van der Waals surface area contributed by atoms with Crippen molar-refractivity contribution in [1.29, 1.82) is 15.8 Å². The van der Waals surface area contributed by atoms with Gasteiger partial charge in [0.25, 0.3) is 0 Å². The molecule has 5 saturated heterocycles. The van der Waals surface area contributed by atoms with Gasteiger partial charge in [-0.15, -0.1) is 24.8 Å². The van der Waals surface area contributed by atoms with Crippen molar-refractivity contribution < 1.29 is 38.2 Å². The van der Waals surface area contributed by atoms with E-state index in [-0.39, 0.29) is 63.1 Å². The minimum Gasteiger partial charge on any atom is -0.444 e. The summed E-state index contributed by atoms with van der Waals surface area (Å²) in [6.07, 6.45) is 4.89. The van der Waals surface area contributed by atoms with Gasteiger partial charge in [0.2, 0.25) is 5.91 Å². The van der Waals surface area contributed by atoms with Gasteiger partial charge < -0.3 is 29.3 Å². The van der Waals surface area contributed by atoms with Crippen LogP contribution in [0.1, 0.15) is 82.6 Å². The molecule has 1 N–H and O–H groups in total. The SMILES string of the molecule is C.CC(C)(C)OC(=O)N1CC(=CC#N)C1.CC(C)(C)OC(=O)N1CC(=O)C1.CC(C)(C)OC(=O)N1CCCC1C(=O)N1CC(=CC#N)C1.Cl.Cl.N#CC=C1CNC1. The second-order valence-corrected chi connectivity index (χ2v) is 16.1. The lowest BCUT2D eigenvalue weighted by molar-refractivity contribution is -0.137. The average Bonchev–Trinajstić information content (AvgIpc) is 3.45. The van der Waals surface area contributed by atoms with E-state index < -0.39 is 35.0 Å². The number of nitrogens with zero attached hydrogens (tertiary/aromatic N) is 7. The molecular weight excluding hydrogens is 779 g/mol. The van der Waals surface area contributed by atoms with E-state index in [1.807, 2.05) is 59.8 Å². The van der Waals surface area contributed by atoms with Gasteiger partial charge in [-0.1, -0.05) is 7.43 Å². The van der Waals surface area contributed by atoms with Crippen LogP contribution in [0.4, 0.5) is 14.4 Å². The molecule has 1 atom stereocenters. The van der Waals surface area contributed by atoms with E-state index in [0.29, 0.717) is 39.1 Å². The maximum absolute atomic E-state index is 12.4. The van der Waals surface area contributed by atoms with E-state index in [1.165, 1.54) is 27.5 Å². The van der Waals surface area contributed by atoms with Crippen molar-refractivity contribution in [3.63, 3.8) is 0 Å². The molecule has 0 saturated carbocycles. The number of rotatable bonds is 1. The third-order valence-electron chi connectivity index (χ3n) is 7.60. The topological polar surface area (TPSA) is 209 Å². The van der Waals surface area contributed by atoms with Crippen molar-refractivity contribution in [3.8, 4) is 18.2 Å². The number of hydrogen-bond acceptors (Lipinski definition) is 12. The molecule has 0 bridgehead atoms. The molecule has 0 aromatic rings. The van der Waals surface area contributed by atoms with Gasteiger partial charge in [0.1, 0.15) is 22.8 Å². The predicted molar refractivity (Wildman–Crippen MR) is 218 cm³/mol. The molecule has 0 aromatic carbocycles. The maximum atomic E-state index is 12.4. The highest BCUT2D eigenvalue weighted by molar-refractivity contribution is 5.94. The van der Waals surface area contributed by atoms with E-state index in [0.717, 1.165) is 30.7 Å². The van der Waals surface area contributed by atoms with Crippen LogP contribution in [-0.4, -0.2) is 131 Å². The summed E-state index contributed by atoms with van der Waals surface area (Å²) in [4.78, 5) is 63.8. The highest BCUT2D eigenvalue weighted by Crippen LogP contribution is 2.25. The molecule has 318 valence electrons. The summed E-state index contributed by atoms with van der Waals surface area (Å²) >= 11 is 0. The molecule has 5 aliphatic rings. The van der Waals surface area contributed by atoms with Crippen LogP contribution in [0.5, 0.6) is 0 Å². The molecule has 57 heavy (non-hydrogen) atoms. The summed E-state index contributed by atoms with van der Waals surface area (Å²) < 4.78 is 15.5. The number of ether oxygens (including phenoxy) is 3. The number of nitriles is 3. The van der Waals surface area contributed by atoms with Gasteiger partial charge in [-0.3, -0.25) is 19.4 Å². The highest BCUT2D eigenvalue weighted by Gasteiger charge is 2.40. The van der Waals surface area contributed by atoms with Gasteiger partial charge in [-0.05, 0) is 91.9 Å². The number of hydrogen-bond donors (Lipinski definition) is 1. The van der Waals surface area contributed by atoms with Crippen LogP contribution in [0.15, 0.2) is 34.9 Å². The second kappa shape index (κ2) is 24.1. The van der Waals surface area contributed by atoms with Crippen LogP contribution < -0.4 is 5.32 Å².